The van der Waals surface area contributed by atoms with Crippen LogP contribution in [-0.4, -0.2) is 34.2 Å². The third-order valence-corrected chi connectivity index (χ3v) is 3.82. The monoisotopic (exact) mass is 263 g/mol. The van der Waals surface area contributed by atoms with Gasteiger partial charge in [-0.05, 0) is 56.0 Å². The van der Waals surface area contributed by atoms with Crippen LogP contribution < -0.4 is 0 Å². The van der Waals surface area contributed by atoms with Crippen molar-refractivity contribution in [3.8, 4) is 5.75 Å². The van der Waals surface area contributed by atoms with Crippen LogP contribution in [-0.2, 0) is 11.3 Å². The van der Waals surface area contributed by atoms with Crippen molar-refractivity contribution in [1.29, 1.82) is 0 Å². The number of aliphatic carboxylic acids is 1. The summed E-state index contributed by atoms with van der Waals surface area (Å²) in [5.41, 5.74) is 1.21. The molecule has 4 heteroatoms. The number of piperidine rings is 1. The van der Waals surface area contributed by atoms with Crippen LogP contribution in [0.3, 0.4) is 0 Å². The third kappa shape index (κ3) is 4.56. The third-order valence-electron chi connectivity index (χ3n) is 3.82. The van der Waals surface area contributed by atoms with Crippen molar-refractivity contribution in [2.24, 2.45) is 5.92 Å². The van der Waals surface area contributed by atoms with Crippen LogP contribution in [0, 0.1) is 5.92 Å². The maximum Gasteiger partial charge on any atom is 0.303 e. The first-order valence-electron chi connectivity index (χ1n) is 6.85. The molecule has 1 aliphatic heterocycles. The fraction of sp³-hybridized carbons (Fsp3) is 0.533. The number of carboxylic acids is 1. The SMILES string of the molecule is O=C(O)CCC1CCN(Cc2ccc(O)cc2)CC1. The molecule has 0 radical (unpaired) electrons. The standard InChI is InChI=1S/C15H21NO3/c17-14-4-1-13(2-5-14)11-16-9-7-12(8-10-16)3-6-15(18)19/h1-2,4-5,12,17H,3,6-11H2,(H,18,19). The quantitative estimate of drug-likeness (QED) is 0.856. The number of benzene rings is 1. The molecule has 0 amide bonds. The molecule has 1 aromatic carbocycles. The number of phenolic OH excluding ortho intramolecular Hbond substituents is 1. The molecule has 1 saturated heterocycles. The molecule has 4 nitrogen and oxygen atoms in total. The van der Waals surface area contributed by atoms with E-state index in [1.54, 1.807) is 12.1 Å². The van der Waals surface area contributed by atoms with Crippen LogP contribution >= 0.6 is 0 Å². The Balaban J connectivity index is 1.74. The lowest BCUT2D eigenvalue weighted by Gasteiger charge is -2.31. The second kappa shape index (κ2) is 6.57. The number of aromatic hydroxyl groups is 1. The molecule has 104 valence electrons. The van der Waals surface area contributed by atoms with Gasteiger partial charge in [-0.2, -0.15) is 0 Å². The van der Waals surface area contributed by atoms with Crippen molar-refractivity contribution in [3.63, 3.8) is 0 Å². The number of likely N-dealkylation sites (tertiary alicyclic amines) is 1. The number of phenols is 1. The lowest BCUT2D eigenvalue weighted by atomic mass is 9.92. The molecule has 0 spiro atoms. The van der Waals surface area contributed by atoms with E-state index in [2.05, 4.69) is 4.90 Å². The molecule has 19 heavy (non-hydrogen) atoms. The molecule has 0 unspecified atom stereocenters. The van der Waals surface area contributed by atoms with Gasteiger partial charge in [-0.1, -0.05) is 12.1 Å². The van der Waals surface area contributed by atoms with Crippen molar-refractivity contribution in [3.05, 3.63) is 29.8 Å². The largest absolute Gasteiger partial charge is 0.508 e. The Morgan fingerprint density at radius 3 is 2.42 bits per heavy atom. The molecule has 1 aliphatic rings. The van der Waals surface area contributed by atoms with Crippen molar-refractivity contribution in [1.82, 2.24) is 4.90 Å². The summed E-state index contributed by atoms with van der Waals surface area (Å²) in [4.78, 5) is 12.9. The molecule has 0 aromatic heterocycles. The van der Waals surface area contributed by atoms with Gasteiger partial charge in [0.1, 0.15) is 5.75 Å². The Labute approximate surface area is 113 Å². The van der Waals surface area contributed by atoms with E-state index in [0.29, 0.717) is 18.1 Å². The lowest BCUT2D eigenvalue weighted by Crippen LogP contribution is -2.33. The van der Waals surface area contributed by atoms with E-state index in [-0.39, 0.29) is 0 Å². The van der Waals surface area contributed by atoms with E-state index in [1.165, 1.54) is 5.56 Å². The van der Waals surface area contributed by atoms with Crippen molar-refractivity contribution in [2.45, 2.75) is 32.2 Å². The van der Waals surface area contributed by atoms with E-state index in [9.17, 15) is 9.90 Å². The van der Waals surface area contributed by atoms with E-state index in [4.69, 9.17) is 5.11 Å². The minimum atomic E-state index is -0.688. The maximum absolute atomic E-state index is 10.5. The highest BCUT2D eigenvalue weighted by Gasteiger charge is 2.19. The zero-order valence-corrected chi connectivity index (χ0v) is 11.1. The molecule has 0 bridgehead atoms. The molecule has 1 aromatic rings. The molecule has 0 atom stereocenters. The van der Waals surface area contributed by atoms with Crippen LogP contribution in [0.4, 0.5) is 0 Å². The zero-order valence-electron chi connectivity index (χ0n) is 11.1. The lowest BCUT2D eigenvalue weighted by molar-refractivity contribution is -0.137. The van der Waals surface area contributed by atoms with Crippen molar-refractivity contribution < 1.29 is 15.0 Å². The Hall–Kier alpha value is -1.55. The second-order valence-corrected chi connectivity index (χ2v) is 5.32. The average molecular weight is 263 g/mol. The van der Waals surface area contributed by atoms with Crippen LogP contribution in [0.25, 0.3) is 0 Å². The second-order valence-electron chi connectivity index (χ2n) is 5.32. The van der Waals surface area contributed by atoms with Crippen LogP contribution in [0.2, 0.25) is 0 Å². The summed E-state index contributed by atoms with van der Waals surface area (Å²) in [5.74, 6) is 0.176. The average Bonchev–Trinajstić information content (AvgIpc) is 2.40. The molecule has 0 saturated carbocycles. The maximum atomic E-state index is 10.5. The topological polar surface area (TPSA) is 60.8 Å². The predicted molar refractivity (Wildman–Crippen MR) is 73.0 cm³/mol. The summed E-state index contributed by atoms with van der Waals surface area (Å²) in [6.07, 6.45) is 3.28. The van der Waals surface area contributed by atoms with Crippen LogP contribution in [0.5, 0.6) is 5.75 Å². The predicted octanol–water partition coefficient (Wildman–Crippen LogP) is 2.47. The highest BCUT2D eigenvalue weighted by molar-refractivity contribution is 5.66. The molecule has 1 heterocycles. The summed E-state index contributed by atoms with van der Waals surface area (Å²) in [7, 11) is 0. The van der Waals surface area contributed by atoms with Crippen molar-refractivity contribution >= 4 is 5.97 Å². The fourth-order valence-electron chi connectivity index (χ4n) is 2.62. The van der Waals surface area contributed by atoms with Gasteiger partial charge in [0.2, 0.25) is 0 Å². The molecular weight excluding hydrogens is 242 g/mol. The van der Waals surface area contributed by atoms with Gasteiger partial charge in [-0.25, -0.2) is 0 Å². The van der Waals surface area contributed by atoms with Gasteiger partial charge in [0.25, 0.3) is 0 Å². The van der Waals surface area contributed by atoms with Gasteiger partial charge in [-0.15, -0.1) is 0 Å². The van der Waals surface area contributed by atoms with Crippen molar-refractivity contribution in [2.75, 3.05) is 13.1 Å². The van der Waals surface area contributed by atoms with E-state index >= 15 is 0 Å². The Morgan fingerprint density at radius 1 is 1.21 bits per heavy atom. The van der Waals surface area contributed by atoms with Gasteiger partial charge in [0, 0.05) is 13.0 Å². The number of hydrogen-bond donors (Lipinski definition) is 2. The highest BCUT2D eigenvalue weighted by atomic mass is 16.4. The van der Waals surface area contributed by atoms with Gasteiger partial charge < -0.3 is 10.2 Å². The minimum Gasteiger partial charge on any atom is -0.508 e. The Morgan fingerprint density at radius 2 is 1.84 bits per heavy atom. The summed E-state index contributed by atoms with van der Waals surface area (Å²) in [5, 5.41) is 17.9. The Kier molecular flexibility index (Phi) is 4.80. The van der Waals surface area contributed by atoms with Gasteiger partial charge in [-0.3, -0.25) is 9.69 Å². The number of carboxylic acid groups (broad SMARTS) is 1. The molecule has 2 N–H and O–H groups in total. The van der Waals surface area contributed by atoms with Crippen LogP contribution in [0.15, 0.2) is 24.3 Å². The fourth-order valence-corrected chi connectivity index (χ4v) is 2.62. The molecule has 2 rings (SSSR count). The molecule has 1 fully saturated rings. The summed E-state index contributed by atoms with van der Waals surface area (Å²) in [6, 6.07) is 7.33. The smallest absolute Gasteiger partial charge is 0.303 e. The number of carbonyl (C=O) groups is 1. The minimum absolute atomic E-state index is 0.294. The van der Waals surface area contributed by atoms with Crippen LogP contribution in [0.1, 0.15) is 31.2 Å². The number of hydrogen-bond acceptors (Lipinski definition) is 3. The van der Waals surface area contributed by atoms with Gasteiger partial charge in [0.15, 0.2) is 0 Å². The normalized spacial score (nSPS) is 17.5. The van der Waals surface area contributed by atoms with Gasteiger partial charge in [0.05, 0.1) is 0 Å². The summed E-state index contributed by atoms with van der Waals surface area (Å²) in [6.45, 7) is 2.97. The van der Waals surface area contributed by atoms with E-state index in [0.717, 1.165) is 38.9 Å². The first-order valence-corrected chi connectivity index (χ1v) is 6.85. The Bertz CT molecular complexity index is 408. The molecular formula is C15H21NO3. The molecule has 0 aliphatic carbocycles. The zero-order chi connectivity index (χ0) is 13.7. The number of rotatable bonds is 5. The first kappa shape index (κ1) is 13.9. The van der Waals surface area contributed by atoms with E-state index in [1.807, 2.05) is 12.1 Å². The summed E-state index contributed by atoms with van der Waals surface area (Å²) < 4.78 is 0. The number of nitrogens with zero attached hydrogens (tertiary/aromatic N) is 1. The highest BCUT2D eigenvalue weighted by Crippen LogP contribution is 2.23. The van der Waals surface area contributed by atoms with E-state index < -0.39 is 5.97 Å². The first-order chi connectivity index (χ1) is 9.13. The van der Waals surface area contributed by atoms with Gasteiger partial charge >= 0.3 is 5.97 Å². The summed E-state index contributed by atoms with van der Waals surface area (Å²) >= 11 is 0.